The average Bonchev–Trinajstić information content (AvgIpc) is 2.88. The maximum Gasteiger partial charge on any atom is 0.321 e. The first kappa shape index (κ1) is 13.7. The maximum absolute atomic E-state index is 12.2. The zero-order valence-electron chi connectivity index (χ0n) is 12.1. The van der Waals surface area contributed by atoms with Crippen molar-refractivity contribution in [1.29, 1.82) is 0 Å². The van der Waals surface area contributed by atoms with Crippen molar-refractivity contribution in [2.45, 2.75) is 38.5 Å². The van der Waals surface area contributed by atoms with Gasteiger partial charge in [0.2, 0.25) is 11.7 Å². The zero-order valence-corrected chi connectivity index (χ0v) is 12.1. The predicted molar refractivity (Wildman–Crippen MR) is 74.4 cm³/mol. The van der Waals surface area contributed by atoms with Crippen LogP contribution in [0.25, 0.3) is 11.5 Å². The average molecular weight is 287 g/mol. The Balaban J connectivity index is 1.92. The summed E-state index contributed by atoms with van der Waals surface area (Å²) in [5.41, 5.74) is 0.761. The largest absolute Gasteiger partial charge is 0.465 e. The Morgan fingerprint density at radius 3 is 2.81 bits per heavy atom. The second-order valence-corrected chi connectivity index (χ2v) is 5.24. The molecule has 0 spiro atoms. The fourth-order valence-electron chi connectivity index (χ4n) is 2.49. The maximum atomic E-state index is 12.2. The van der Waals surface area contributed by atoms with E-state index in [2.05, 4.69) is 15.1 Å². The number of carbonyl (C=O) groups excluding carboxylic acids is 1. The van der Waals surface area contributed by atoms with Crippen LogP contribution in [-0.2, 0) is 14.9 Å². The van der Waals surface area contributed by atoms with Gasteiger partial charge in [-0.2, -0.15) is 4.98 Å². The highest BCUT2D eigenvalue weighted by molar-refractivity contribution is 5.83. The van der Waals surface area contributed by atoms with E-state index < -0.39 is 5.41 Å². The number of hydrogen-bond donors (Lipinski definition) is 0. The normalized spacial score (nSPS) is 16.3. The van der Waals surface area contributed by atoms with Crippen LogP contribution in [-0.4, -0.2) is 27.7 Å². The molecule has 1 saturated carbocycles. The third-order valence-electron chi connectivity index (χ3n) is 3.83. The molecule has 0 N–H and O–H groups in total. The molecular weight excluding hydrogens is 270 g/mol. The SMILES string of the molecule is CCOC(=O)C1(c2nc(-c3cccc(C)n3)no2)CCC1. The number of carbonyl (C=O) groups is 1. The van der Waals surface area contributed by atoms with Crippen molar-refractivity contribution in [2.75, 3.05) is 6.61 Å². The topological polar surface area (TPSA) is 78.1 Å². The predicted octanol–water partition coefficient (Wildman–Crippen LogP) is 2.42. The highest BCUT2D eigenvalue weighted by Crippen LogP contribution is 2.44. The standard InChI is InChI=1S/C15H17N3O3/c1-3-20-14(19)15(8-5-9-15)13-17-12(18-21-13)11-7-4-6-10(2)16-11/h4,6-7H,3,5,8-9H2,1-2H3. The summed E-state index contributed by atoms with van der Waals surface area (Å²) in [5.74, 6) is 0.471. The molecule has 0 amide bonds. The summed E-state index contributed by atoms with van der Waals surface area (Å²) >= 11 is 0. The van der Waals surface area contributed by atoms with Crippen LogP contribution in [0.3, 0.4) is 0 Å². The van der Waals surface area contributed by atoms with E-state index in [9.17, 15) is 4.79 Å². The Morgan fingerprint density at radius 2 is 2.19 bits per heavy atom. The summed E-state index contributed by atoms with van der Waals surface area (Å²) in [4.78, 5) is 20.9. The first-order valence-corrected chi connectivity index (χ1v) is 7.11. The van der Waals surface area contributed by atoms with Gasteiger partial charge in [-0.3, -0.25) is 4.79 Å². The van der Waals surface area contributed by atoms with Crippen LogP contribution in [0.1, 0.15) is 37.8 Å². The van der Waals surface area contributed by atoms with E-state index in [1.807, 2.05) is 25.1 Å². The summed E-state index contributed by atoms with van der Waals surface area (Å²) in [6, 6.07) is 5.61. The lowest BCUT2D eigenvalue weighted by molar-refractivity contribution is -0.155. The molecule has 0 aliphatic heterocycles. The van der Waals surface area contributed by atoms with E-state index >= 15 is 0 Å². The third kappa shape index (κ3) is 2.30. The minimum absolute atomic E-state index is 0.274. The molecule has 21 heavy (non-hydrogen) atoms. The van der Waals surface area contributed by atoms with Gasteiger partial charge in [-0.05, 0) is 38.8 Å². The van der Waals surface area contributed by atoms with Crippen LogP contribution in [0.2, 0.25) is 0 Å². The lowest BCUT2D eigenvalue weighted by atomic mass is 9.68. The van der Waals surface area contributed by atoms with E-state index in [1.54, 1.807) is 6.92 Å². The Kier molecular flexibility index (Phi) is 3.45. The van der Waals surface area contributed by atoms with Gasteiger partial charge in [0.05, 0.1) is 6.61 Å². The van der Waals surface area contributed by atoms with E-state index in [0.29, 0.717) is 36.9 Å². The number of nitrogens with zero attached hydrogens (tertiary/aromatic N) is 3. The highest BCUT2D eigenvalue weighted by Gasteiger charge is 2.52. The molecule has 2 aromatic heterocycles. The molecule has 6 nitrogen and oxygen atoms in total. The minimum Gasteiger partial charge on any atom is -0.465 e. The molecule has 0 saturated heterocycles. The molecule has 1 fully saturated rings. The fraction of sp³-hybridized carbons (Fsp3) is 0.467. The number of hydrogen-bond acceptors (Lipinski definition) is 6. The van der Waals surface area contributed by atoms with Crippen LogP contribution >= 0.6 is 0 Å². The van der Waals surface area contributed by atoms with Crippen molar-refractivity contribution in [2.24, 2.45) is 0 Å². The van der Waals surface area contributed by atoms with E-state index in [1.165, 1.54) is 0 Å². The van der Waals surface area contributed by atoms with Gasteiger partial charge in [0.1, 0.15) is 11.1 Å². The van der Waals surface area contributed by atoms with Crippen molar-refractivity contribution >= 4 is 5.97 Å². The molecular formula is C15H17N3O3. The fourth-order valence-corrected chi connectivity index (χ4v) is 2.49. The summed E-state index contributed by atoms with van der Waals surface area (Å²) < 4.78 is 10.5. The van der Waals surface area contributed by atoms with E-state index in [-0.39, 0.29) is 5.97 Å². The van der Waals surface area contributed by atoms with Gasteiger partial charge >= 0.3 is 5.97 Å². The Bertz CT molecular complexity index is 662. The lowest BCUT2D eigenvalue weighted by Gasteiger charge is -2.35. The molecule has 3 rings (SSSR count). The summed E-state index contributed by atoms with van der Waals surface area (Å²) in [6.45, 7) is 4.04. The Labute approximate surface area is 122 Å². The van der Waals surface area contributed by atoms with Crippen molar-refractivity contribution in [3.63, 3.8) is 0 Å². The monoisotopic (exact) mass is 287 g/mol. The van der Waals surface area contributed by atoms with Gasteiger partial charge in [0.25, 0.3) is 0 Å². The van der Waals surface area contributed by atoms with Crippen LogP contribution in [0.4, 0.5) is 0 Å². The van der Waals surface area contributed by atoms with E-state index in [4.69, 9.17) is 9.26 Å². The molecule has 1 aliphatic carbocycles. The Morgan fingerprint density at radius 1 is 1.38 bits per heavy atom. The zero-order chi connectivity index (χ0) is 14.9. The van der Waals surface area contributed by atoms with Crippen LogP contribution in [0.5, 0.6) is 0 Å². The van der Waals surface area contributed by atoms with Gasteiger partial charge in [0, 0.05) is 5.69 Å². The number of aryl methyl sites for hydroxylation is 1. The minimum atomic E-state index is -0.759. The third-order valence-corrected chi connectivity index (χ3v) is 3.83. The van der Waals surface area contributed by atoms with Gasteiger partial charge < -0.3 is 9.26 Å². The van der Waals surface area contributed by atoms with Crippen molar-refractivity contribution in [3.05, 3.63) is 29.8 Å². The van der Waals surface area contributed by atoms with Crippen molar-refractivity contribution < 1.29 is 14.1 Å². The second-order valence-electron chi connectivity index (χ2n) is 5.24. The van der Waals surface area contributed by atoms with Gasteiger partial charge in [-0.15, -0.1) is 0 Å². The molecule has 110 valence electrons. The molecule has 6 heteroatoms. The van der Waals surface area contributed by atoms with Crippen LogP contribution in [0.15, 0.2) is 22.7 Å². The summed E-state index contributed by atoms with van der Waals surface area (Å²) in [6.07, 6.45) is 2.34. The Hall–Kier alpha value is -2.24. The quantitative estimate of drug-likeness (QED) is 0.804. The second kappa shape index (κ2) is 5.27. The van der Waals surface area contributed by atoms with Crippen LogP contribution in [0, 0.1) is 6.92 Å². The van der Waals surface area contributed by atoms with Gasteiger partial charge in [-0.25, -0.2) is 4.98 Å². The van der Waals surface area contributed by atoms with Gasteiger partial charge in [0.15, 0.2) is 0 Å². The molecule has 0 unspecified atom stereocenters. The molecule has 0 aromatic carbocycles. The number of aromatic nitrogens is 3. The summed E-state index contributed by atoms with van der Waals surface area (Å²) in [7, 11) is 0. The van der Waals surface area contributed by atoms with Crippen LogP contribution < -0.4 is 0 Å². The number of rotatable bonds is 4. The highest BCUT2D eigenvalue weighted by atomic mass is 16.5. The first-order valence-electron chi connectivity index (χ1n) is 7.11. The number of ether oxygens (including phenoxy) is 1. The number of esters is 1. The number of pyridine rings is 1. The smallest absolute Gasteiger partial charge is 0.321 e. The molecule has 0 radical (unpaired) electrons. The molecule has 0 bridgehead atoms. The van der Waals surface area contributed by atoms with Crippen molar-refractivity contribution in [1.82, 2.24) is 15.1 Å². The molecule has 2 aromatic rings. The lowest BCUT2D eigenvalue weighted by Crippen LogP contribution is -2.44. The molecule has 2 heterocycles. The summed E-state index contributed by atoms with van der Waals surface area (Å²) in [5, 5.41) is 3.96. The van der Waals surface area contributed by atoms with Crippen molar-refractivity contribution in [3.8, 4) is 11.5 Å². The molecule has 1 aliphatic rings. The first-order chi connectivity index (χ1) is 10.2. The van der Waals surface area contributed by atoms with Gasteiger partial charge in [-0.1, -0.05) is 17.6 Å². The van der Waals surface area contributed by atoms with E-state index in [0.717, 1.165) is 12.1 Å². The molecule has 0 atom stereocenters.